The first kappa shape index (κ1) is 22.5. The number of carbonyl (C=O) groups excluding carboxylic acids is 2. The van der Waals surface area contributed by atoms with Crippen molar-refractivity contribution in [3.05, 3.63) is 76.7 Å². The van der Waals surface area contributed by atoms with Crippen molar-refractivity contribution in [1.29, 1.82) is 0 Å². The predicted octanol–water partition coefficient (Wildman–Crippen LogP) is 5.21. The summed E-state index contributed by atoms with van der Waals surface area (Å²) in [6.07, 6.45) is 1.34. The monoisotopic (exact) mass is 501 g/mol. The van der Waals surface area contributed by atoms with E-state index in [4.69, 9.17) is 21.4 Å². The quantitative estimate of drug-likeness (QED) is 0.401. The van der Waals surface area contributed by atoms with Crippen molar-refractivity contribution in [2.75, 3.05) is 10.6 Å². The first-order valence-corrected chi connectivity index (χ1v) is 10.6. The zero-order chi connectivity index (χ0) is 22.4. The van der Waals surface area contributed by atoms with E-state index in [2.05, 4.69) is 31.9 Å². The van der Waals surface area contributed by atoms with Crippen LogP contribution in [-0.2, 0) is 0 Å². The van der Waals surface area contributed by atoms with Crippen LogP contribution in [0.4, 0.5) is 11.4 Å². The number of rotatable bonds is 6. The normalized spacial score (nSPS) is 10.5. The van der Waals surface area contributed by atoms with Gasteiger partial charge in [0.2, 0.25) is 0 Å². The van der Waals surface area contributed by atoms with Crippen LogP contribution in [0.2, 0.25) is 0 Å². The first-order chi connectivity index (χ1) is 14.8. The van der Waals surface area contributed by atoms with E-state index >= 15 is 0 Å². The molecule has 0 fully saturated rings. The second kappa shape index (κ2) is 10.2. The number of ether oxygens (including phenoxy) is 1. The van der Waals surface area contributed by atoms with Gasteiger partial charge in [-0.1, -0.05) is 22.0 Å². The Balaban J connectivity index is 1.65. The average Bonchev–Trinajstić information content (AvgIpc) is 3.24. The van der Waals surface area contributed by atoms with Gasteiger partial charge in [-0.3, -0.25) is 14.9 Å². The van der Waals surface area contributed by atoms with Gasteiger partial charge in [0, 0.05) is 15.8 Å². The summed E-state index contributed by atoms with van der Waals surface area (Å²) in [7, 11) is 0. The molecule has 0 spiro atoms. The number of hydrogen-bond donors (Lipinski definition) is 3. The third-order valence-electron chi connectivity index (χ3n) is 3.90. The maximum absolute atomic E-state index is 12.7. The van der Waals surface area contributed by atoms with E-state index < -0.39 is 5.91 Å². The highest BCUT2D eigenvalue weighted by Crippen LogP contribution is 2.24. The molecule has 3 N–H and O–H groups in total. The summed E-state index contributed by atoms with van der Waals surface area (Å²) in [6.45, 7) is 3.77. The van der Waals surface area contributed by atoms with Crippen molar-refractivity contribution in [3.8, 4) is 5.75 Å². The molecular weight excluding hydrogens is 482 g/mol. The van der Waals surface area contributed by atoms with Gasteiger partial charge in [0.05, 0.1) is 17.9 Å². The smallest absolute Gasteiger partial charge is 0.291 e. The highest BCUT2D eigenvalue weighted by molar-refractivity contribution is 9.10. The number of furan rings is 1. The molecule has 0 aliphatic carbocycles. The van der Waals surface area contributed by atoms with Crippen molar-refractivity contribution in [1.82, 2.24) is 5.32 Å². The first-order valence-electron chi connectivity index (χ1n) is 9.35. The number of nitrogens with one attached hydrogen (secondary N) is 3. The van der Waals surface area contributed by atoms with Crippen molar-refractivity contribution >= 4 is 56.4 Å². The lowest BCUT2D eigenvalue weighted by Crippen LogP contribution is -2.34. The molecule has 0 radical (unpaired) electrons. The van der Waals surface area contributed by atoms with E-state index in [-0.39, 0.29) is 22.9 Å². The second-order valence-corrected chi connectivity index (χ2v) is 8.05. The molecule has 1 aromatic heterocycles. The maximum atomic E-state index is 12.7. The fraction of sp³-hybridized carbons (Fsp3) is 0.136. The minimum atomic E-state index is -0.406. The van der Waals surface area contributed by atoms with E-state index in [0.29, 0.717) is 22.7 Å². The lowest BCUT2D eigenvalue weighted by atomic mass is 10.2. The molecule has 0 aliphatic rings. The molecule has 3 aromatic rings. The number of amides is 2. The number of benzene rings is 2. The van der Waals surface area contributed by atoms with Gasteiger partial charge in [0.1, 0.15) is 5.75 Å². The van der Waals surface area contributed by atoms with E-state index in [9.17, 15) is 9.59 Å². The van der Waals surface area contributed by atoms with Crippen molar-refractivity contribution in [3.63, 3.8) is 0 Å². The standard InChI is InChI=1S/C22H20BrN3O4S/c1-13(2)30-18-9-8-14(23)11-17(18)20(27)26-22(31)25-16-6-3-5-15(12-16)24-21(28)19-7-4-10-29-19/h3-13H,1-2H3,(H,24,28)(H2,25,26,27,31). The molecule has 2 amide bonds. The van der Waals surface area contributed by atoms with Gasteiger partial charge in [0.15, 0.2) is 10.9 Å². The van der Waals surface area contributed by atoms with E-state index in [1.165, 1.54) is 6.26 Å². The zero-order valence-corrected chi connectivity index (χ0v) is 19.2. The molecule has 0 bridgehead atoms. The number of carbonyl (C=O) groups is 2. The van der Waals surface area contributed by atoms with Gasteiger partial charge in [0.25, 0.3) is 11.8 Å². The van der Waals surface area contributed by atoms with Crippen LogP contribution in [0.5, 0.6) is 5.75 Å². The van der Waals surface area contributed by atoms with Crippen LogP contribution < -0.4 is 20.7 Å². The van der Waals surface area contributed by atoms with Gasteiger partial charge >= 0.3 is 0 Å². The van der Waals surface area contributed by atoms with Gasteiger partial charge in [-0.2, -0.15) is 0 Å². The second-order valence-electron chi connectivity index (χ2n) is 6.73. The van der Waals surface area contributed by atoms with Crippen LogP contribution in [0.15, 0.2) is 69.8 Å². The molecule has 9 heteroatoms. The molecule has 2 aromatic carbocycles. The summed E-state index contributed by atoms with van der Waals surface area (Å²) in [5.41, 5.74) is 1.49. The number of hydrogen-bond acceptors (Lipinski definition) is 5. The summed E-state index contributed by atoms with van der Waals surface area (Å²) in [4.78, 5) is 24.9. The van der Waals surface area contributed by atoms with Crippen LogP contribution >= 0.6 is 28.1 Å². The topological polar surface area (TPSA) is 92.6 Å². The predicted molar refractivity (Wildman–Crippen MR) is 127 cm³/mol. The summed E-state index contributed by atoms with van der Waals surface area (Å²) >= 11 is 8.64. The molecule has 31 heavy (non-hydrogen) atoms. The molecule has 7 nitrogen and oxygen atoms in total. The van der Waals surface area contributed by atoms with Gasteiger partial charge in [-0.15, -0.1) is 0 Å². The van der Waals surface area contributed by atoms with Crippen molar-refractivity contribution in [2.45, 2.75) is 20.0 Å². The Morgan fingerprint density at radius 2 is 1.74 bits per heavy atom. The SMILES string of the molecule is CC(C)Oc1ccc(Br)cc1C(=O)NC(=S)Nc1cccc(NC(=O)c2ccco2)c1. The van der Waals surface area contributed by atoms with E-state index in [0.717, 1.165) is 4.47 Å². The molecule has 1 heterocycles. The van der Waals surface area contributed by atoms with Crippen LogP contribution in [0.3, 0.4) is 0 Å². The molecule has 160 valence electrons. The Bertz CT molecular complexity index is 1100. The van der Waals surface area contributed by atoms with Crippen LogP contribution in [-0.4, -0.2) is 23.0 Å². The number of halogens is 1. The molecule has 3 rings (SSSR count). The Labute approximate surface area is 193 Å². The van der Waals surface area contributed by atoms with E-state index in [1.807, 2.05) is 13.8 Å². The van der Waals surface area contributed by atoms with Crippen molar-refractivity contribution in [2.24, 2.45) is 0 Å². The highest BCUT2D eigenvalue weighted by atomic mass is 79.9. The molecule has 0 aliphatic heterocycles. The Kier molecular flexibility index (Phi) is 7.43. The number of thiocarbonyl (C=S) groups is 1. The summed E-state index contributed by atoms with van der Waals surface area (Å²) in [6, 6.07) is 15.3. The molecule has 0 atom stereocenters. The minimum absolute atomic E-state index is 0.0862. The summed E-state index contributed by atoms with van der Waals surface area (Å²) < 4.78 is 11.5. The molecular formula is C22H20BrN3O4S. The maximum Gasteiger partial charge on any atom is 0.291 e. The van der Waals surface area contributed by atoms with Gasteiger partial charge < -0.3 is 19.8 Å². The Hall–Kier alpha value is -3.17. The van der Waals surface area contributed by atoms with Crippen LogP contribution in [0, 0.1) is 0 Å². The van der Waals surface area contributed by atoms with Crippen molar-refractivity contribution < 1.29 is 18.7 Å². The van der Waals surface area contributed by atoms with Gasteiger partial charge in [-0.05, 0) is 74.6 Å². The largest absolute Gasteiger partial charge is 0.490 e. The number of anilines is 2. The fourth-order valence-electron chi connectivity index (χ4n) is 2.64. The van der Waals surface area contributed by atoms with Crippen LogP contribution in [0.25, 0.3) is 0 Å². The summed E-state index contributed by atoms with van der Waals surface area (Å²) in [5, 5.41) is 8.42. The molecule has 0 saturated heterocycles. The van der Waals surface area contributed by atoms with Gasteiger partial charge in [-0.25, -0.2) is 0 Å². The summed E-state index contributed by atoms with van der Waals surface area (Å²) in [5.74, 6) is -0.113. The third kappa shape index (κ3) is 6.40. The minimum Gasteiger partial charge on any atom is -0.490 e. The fourth-order valence-corrected chi connectivity index (χ4v) is 3.22. The van der Waals surface area contributed by atoms with E-state index in [1.54, 1.807) is 54.6 Å². The third-order valence-corrected chi connectivity index (χ3v) is 4.60. The lowest BCUT2D eigenvalue weighted by Gasteiger charge is -2.15. The Morgan fingerprint density at radius 1 is 1.00 bits per heavy atom. The lowest BCUT2D eigenvalue weighted by molar-refractivity contribution is 0.0969. The average molecular weight is 502 g/mol. The highest BCUT2D eigenvalue weighted by Gasteiger charge is 2.16. The molecule has 0 unspecified atom stereocenters. The molecule has 0 saturated carbocycles. The zero-order valence-electron chi connectivity index (χ0n) is 16.8. The Morgan fingerprint density at radius 3 is 2.42 bits per heavy atom. The van der Waals surface area contributed by atoms with Crippen LogP contribution in [0.1, 0.15) is 34.8 Å².